The standard InChI is InChI=1S/C16H16FNO2/c17-15-5-10(9-18)1-2-11(15)8-16(19)12-6-13-3-4-14(7-12)20-13/h1-2,5,12-14H,3-4,6-8H2. The molecular formula is C16H16FNO2. The highest BCUT2D eigenvalue weighted by Crippen LogP contribution is 2.36. The molecule has 0 aliphatic carbocycles. The first kappa shape index (κ1) is 13.3. The summed E-state index contributed by atoms with van der Waals surface area (Å²) in [4.78, 5) is 12.3. The summed E-state index contributed by atoms with van der Waals surface area (Å²) in [6.45, 7) is 0. The predicted molar refractivity (Wildman–Crippen MR) is 70.4 cm³/mol. The van der Waals surface area contributed by atoms with Crippen molar-refractivity contribution in [1.29, 1.82) is 5.26 Å². The smallest absolute Gasteiger partial charge is 0.140 e. The molecule has 3 rings (SSSR count). The SMILES string of the molecule is N#Cc1ccc(CC(=O)C2CC3CCC(C2)O3)c(F)c1. The Bertz CT molecular complexity index is 566. The number of rotatable bonds is 3. The molecule has 2 fully saturated rings. The van der Waals surface area contributed by atoms with Gasteiger partial charge in [-0.15, -0.1) is 0 Å². The van der Waals surface area contributed by atoms with Gasteiger partial charge < -0.3 is 4.74 Å². The molecule has 2 aliphatic heterocycles. The number of ketones is 1. The Balaban J connectivity index is 1.68. The van der Waals surface area contributed by atoms with Crippen LogP contribution < -0.4 is 0 Å². The van der Waals surface area contributed by atoms with Gasteiger partial charge in [0, 0.05) is 12.3 Å². The van der Waals surface area contributed by atoms with Crippen molar-refractivity contribution in [2.75, 3.05) is 0 Å². The summed E-state index contributed by atoms with van der Waals surface area (Å²) in [7, 11) is 0. The summed E-state index contributed by atoms with van der Waals surface area (Å²) in [5, 5.41) is 8.71. The van der Waals surface area contributed by atoms with Crippen LogP contribution in [0.4, 0.5) is 4.39 Å². The van der Waals surface area contributed by atoms with Gasteiger partial charge in [-0.05, 0) is 43.4 Å². The summed E-state index contributed by atoms with van der Waals surface area (Å²) < 4.78 is 19.5. The fourth-order valence-electron chi connectivity index (χ4n) is 3.21. The maximum atomic E-state index is 13.8. The highest BCUT2D eigenvalue weighted by molar-refractivity contribution is 5.83. The van der Waals surface area contributed by atoms with Crippen molar-refractivity contribution in [2.45, 2.75) is 44.3 Å². The summed E-state index contributed by atoms with van der Waals surface area (Å²) >= 11 is 0. The topological polar surface area (TPSA) is 50.1 Å². The fourth-order valence-corrected chi connectivity index (χ4v) is 3.21. The largest absolute Gasteiger partial charge is 0.375 e. The van der Waals surface area contributed by atoms with E-state index >= 15 is 0 Å². The van der Waals surface area contributed by atoms with E-state index in [1.807, 2.05) is 6.07 Å². The zero-order valence-corrected chi connectivity index (χ0v) is 11.1. The first-order chi connectivity index (χ1) is 9.65. The van der Waals surface area contributed by atoms with Crippen LogP contribution in [-0.4, -0.2) is 18.0 Å². The molecule has 2 heterocycles. The predicted octanol–water partition coefficient (Wildman–Crippen LogP) is 2.77. The van der Waals surface area contributed by atoms with Gasteiger partial charge >= 0.3 is 0 Å². The Morgan fingerprint density at radius 2 is 2.05 bits per heavy atom. The number of hydrogen-bond acceptors (Lipinski definition) is 3. The molecule has 2 atom stereocenters. The quantitative estimate of drug-likeness (QED) is 0.850. The average Bonchev–Trinajstić information content (AvgIpc) is 2.79. The minimum Gasteiger partial charge on any atom is -0.375 e. The number of benzene rings is 1. The van der Waals surface area contributed by atoms with Gasteiger partial charge in [0.25, 0.3) is 0 Å². The minimum absolute atomic E-state index is 0.00343. The van der Waals surface area contributed by atoms with Gasteiger partial charge in [-0.3, -0.25) is 4.79 Å². The van der Waals surface area contributed by atoms with E-state index < -0.39 is 5.82 Å². The van der Waals surface area contributed by atoms with Crippen LogP contribution >= 0.6 is 0 Å². The monoisotopic (exact) mass is 273 g/mol. The van der Waals surface area contributed by atoms with E-state index in [1.165, 1.54) is 6.07 Å². The van der Waals surface area contributed by atoms with Crippen molar-refractivity contribution in [2.24, 2.45) is 5.92 Å². The van der Waals surface area contributed by atoms with Gasteiger partial charge in [0.1, 0.15) is 11.6 Å². The van der Waals surface area contributed by atoms with Crippen molar-refractivity contribution < 1.29 is 13.9 Å². The third-order valence-corrected chi connectivity index (χ3v) is 4.29. The lowest BCUT2D eigenvalue weighted by molar-refractivity contribution is -0.128. The van der Waals surface area contributed by atoms with Gasteiger partial charge in [0.2, 0.25) is 0 Å². The molecule has 0 N–H and O–H groups in total. The highest BCUT2D eigenvalue weighted by Gasteiger charge is 2.37. The Hall–Kier alpha value is -1.73. The number of ether oxygens (including phenoxy) is 1. The number of hydrogen-bond donors (Lipinski definition) is 0. The first-order valence-electron chi connectivity index (χ1n) is 7.02. The molecule has 2 aliphatic rings. The maximum absolute atomic E-state index is 13.8. The van der Waals surface area contributed by atoms with E-state index in [1.54, 1.807) is 12.1 Å². The number of Topliss-reactive ketones (excluding diaryl/α,β-unsaturated/α-hetero) is 1. The molecule has 2 saturated heterocycles. The average molecular weight is 273 g/mol. The van der Waals surface area contributed by atoms with Crippen LogP contribution in [0.2, 0.25) is 0 Å². The van der Waals surface area contributed by atoms with E-state index in [2.05, 4.69) is 0 Å². The first-order valence-corrected chi connectivity index (χ1v) is 7.02. The molecule has 4 heteroatoms. The molecular weight excluding hydrogens is 257 g/mol. The molecule has 2 bridgehead atoms. The molecule has 3 nitrogen and oxygen atoms in total. The number of halogens is 1. The Kier molecular flexibility index (Phi) is 3.54. The summed E-state index contributed by atoms with van der Waals surface area (Å²) in [6, 6.07) is 6.18. The van der Waals surface area contributed by atoms with Crippen molar-refractivity contribution in [3.05, 3.63) is 35.1 Å². The van der Waals surface area contributed by atoms with E-state index in [0.29, 0.717) is 5.56 Å². The Morgan fingerprint density at radius 3 is 2.65 bits per heavy atom. The second-order valence-corrected chi connectivity index (χ2v) is 5.69. The molecule has 0 radical (unpaired) electrons. The van der Waals surface area contributed by atoms with Crippen molar-refractivity contribution in [3.63, 3.8) is 0 Å². The molecule has 1 aromatic rings. The van der Waals surface area contributed by atoms with Gasteiger partial charge in [-0.25, -0.2) is 4.39 Å². The number of nitrogens with zero attached hydrogens (tertiary/aromatic N) is 1. The van der Waals surface area contributed by atoms with E-state index in [4.69, 9.17) is 10.00 Å². The van der Waals surface area contributed by atoms with Crippen molar-refractivity contribution in [1.82, 2.24) is 0 Å². The molecule has 0 amide bonds. The zero-order valence-electron chi connectivity index (χ0n) is 11.1. The Labute approximate surface area is 117 Å². The fraction of sp³-hybridized carbons (Fsp3) is 0.500. The molecule has 20 heavy (non-hydrogen) atoms. The van der Waals surface area contributed by atoms with Gasteiger partial charge in [0.05, 0.1) is 23.8 Å². The maximum Gasteiger partial charge on any atom is 0.140 e. The molecule has 0 aromatic heterocycles. The second-order valence-electron chi connectivity index (χ2n) is 5.69. The van der Waals surface area contributed by atoms with E-state index in [0.717, 1.165) is 25.7 Å². The lowest BCUT2D eigenvalue weighted by Crippen LogP contribution is -2.30. The van der Waals surface area contributed by atoms with Gasteiger partial charge in [-0.1, -0.05) is 6.07 Å². The van der Waals surface area contributed by atoms with Crippen LogP contribution in [-0.2, 0) is 16.0 Å². The van der Waals surface area contributed by atoms with Crippen LogP contribution in [0.5, 0.6) is 0 Å². The van der Waals surface area contributed by atoms with Gasteiger partial charge in [0.15, 0.2) is 0 Å². The molecule has 1 aromatic carbocycles. The highest BCUT2D eigenvalue weighted by atomic mass is 19.1. The van der Waals surface area contributed by atoms with E-state index in [-0.39, 0.29) is 35.9 Å². The lowest BCUT2D eigenvalue weighted by Gasteiger charge is -2.27. The van der Waals surface area contributed by atoms with Gasteiger partial charge in [-0.2, -0.15) is 5.26 Å². The summed E-state index contributed by atoms with van der Waals surface area (Å²) in [6.07, 6.45) is 4.17. The van der Waals surface area contributed by atoms with Crippen LogP contribution in [0.1, 0.15) is 36.8 Å². The molecule has 0 spiro atoms. The molecule has 2 unspecified atom stereocenters. The number of carbonyl (C=O) groups is 1. The van der Waals surface area contributed by atoms with E-state index in [9.17, 15) is 9.18 Å². The lowest BCUT2D eigenvalue weighted by atomic mass is 9.88. The number of fused-ring (bicyclic) bond motifs is 2. The Morgan fingerprint density at radius 1 is 1.35 bits per heavy atom. The van der Waals surface area contributed by atoms with Crippen LogP contribution in [0.25, 0.3) is 0 Å². The third kappa shape index (κ3) is 2.59. The molecule has 104 valence electrons. The summed E-state index contributed by atoms with van der Waals surface area (Å²) in [5.41, 5.74) is 0.663. The normalized spacial score (nSPS) is 28.1. The number of nitriles is 1. The van der Waals surface area contributed by atoms with Crippen molar-refractivity contribution in [3.8, 4) is 6.07 Å². The zero-order chi connectivity index (χ0) is 14.1. The minimum atomic E-state index is -0.465. The van der Waals surface area contributed by atoms with Crippen LogP contribution in [0.15, 0.2) is 18.2 Å². The summed E-state index contributed by atoms with van der Waals surface area (Å²) in [5.74, 6) is -0.377. The number of carbonyl (C=O) groups excluding carboxylic acids is 1. The van der Waals surface area contributed by atoms with Crippen LogP contribution in [0, 0.1) is 23.1 Å². The van der Waals surface area contributed by atoms with Crippen LogP contribution in [0.3, 0.4) is 0 Å². The second kappa shape index (κ2) is 5.34. The van der Waals surface area contributed by atoms with Crippen molar-refractivity contribution >= 4 is 5.78 Å². The molecule has 0 saturated carbocycles. The third-order valence-electron chi connectivity index (χ3n) is 4.29.